The van der Waals surface area contributed by atoms with E-state index in [-0.39, 0.29) is 35.9 Å². The highest BCUT2D eigenvalue weighted by Gasteiger charge is 2.12. The van der Waals surface area contributed by atoms with E-state index in [2.05, 4.69) is 5.32 Å². The van der Waals surface area contributed by atoms with Gasteiger partial charge in [-0.1, -0.05) is 0 Å². The van der Waals surface area contributed by atoms with E-state index in [1.54, 1.807) is 24.3 Å². The Kier molecular flexibility index (Phi) is 6.39. The van der Waals surface area contributed by atoms with Gasteiger partial charge in [-0.2, -0.15) is 0 Å². The Morgan fingerprint density at radius 2 is 1.95 bits per heavy atom. The molecule has 1 heterocycles. The molecule has 1 atom stereocenters. The van der Waals surface area contributed by atoms with Crippen molar-refractivity contribution in [1.82, 2.24) is 5.32 Å². The molecule has 1 amide bonds. The zero-order chi connectivity index (χ0) is 14.5. The molecule has 114 valence electrons. The van der Waals surface area contributed by atoms with Crippen molar-refractivity contribution in [2.24, 2.45) is 5.73 Å². The van der Waals surface area contributed by atoms with E-state index in [1.165, 1.54) is 12.1 Å². The van der Waals surface area contributed by atoms with E-state index >= 15 is 0 Å². The van der Waals surface area contributed by atoms with Crippen molar-refractivity contribution >= 4 is 18.3 Å². The smallest absolute Gasteiger partial charge is 0.287 e. The fourth-order valence-corrected chi connectivity index (χ4v) is 1.73. The minimum atomic E-state index is -0.311. The molecule has 0 aliphatic carbocycles. The molecule has 0 saturated carbocycles. The maximum atomic E-state index is 12.8. The average Bonchev–Trinajstić information content (AvgIpc) is 2.88. The standard InChI is InChI=1S/C15H17FN2O2.ClH/c1-10(17)8-9-18-15(19)14-7-6-13(20-14)11-2-4-12(16)5-3-11;/h2-7,10H,8-9,17H2,1H3,(H,18,19);1H. The third kappa shape index (κ3) is 4.88. The number of carbonyl (C=O) groups is 1. The first-order chi connectivity index (χ1) is 9.56. The summed E-state index contributed by atoms with van der Waals surface area (Å²) in [4.78, 5) is 11.8. The van der Waals surface area contributed by atoms with E-state index < -0.39 is 0 Å². The summed E-state index contributed by atoms with van der Waals surface area (Å²) in [5, 5.41) is 2.73. The summed E-state index contributed by atoms with van der Waals surface area (Å²) in [5.41, 5.74) is 6.33. The summed E-state index contributed by atoms with van der Waals surface area (Å²) in [6.07, 6.45) is 0.706. The van der Waals surface area contributed by atoms with Gasteiger partial charge >= 0.3 is 0 Å². The van der Waals surface area contributed by atoms with Crippen LogP contribution in [0.1, 0.15) is 23.9 Å². The molecule has 0 fully saturated rings. The lowest BCUT2D eigenvalue weighted by atomic mass is 10.2. The van der Waals surface area contributed by atoms with Gasteiger partial charge < -0.3 is 15.5 Å². The van der Waals surface area contributed by atoms with Gasteiger partial charge in [0.1, 0.15) is 11.6 Å². The molecule has 1 aromatic heterocycles. The predicted octanol–water partition coefficient (Wildman–Crippen LogP) is 2.97. The quantitative estimate of drug-likeness (QED) is 0.892. The molecule has 3 N–H and O–H groups in total. The molecule has 0 radical (unpaired) electrons. The fourth-order valence-electron chi connectivity index (χ4n) is 1.73. The number of halogens is 2. The second kappa shape index (κ2) is 7.81. The molecule has 2 aromatic rings. The number of hydrogen-bond acceptors (Lipinski definition) is 3. The topological polar surface area (TPSA) is 68.3 Å². The second-order valence-corrected chi connectivity index (χ2v) is 4.69. The zero-order valence-electron chi connectivity index (χ0n) is 11.6. The number of hydrogen-bond donors (Lipinski definition) is 2. The van der Waals surface area contributed by atoms with Crippen molar-refractivity contribution < 1.29 is 13.6 Å². The summed E-state index contributed by atoms with van der Waals surface area (Å²) < 4.78 is 18.3. The van der Waals surface area contributed by atoms with Crippen LogP contribution >= 0.6 is 12.4 Å². The Morgan fingerprint density at radius 3 is 2.57 bits per heavy atom. The highest BCUT2D eigenvalue weighted by Crippen LogP contribution is 2.22. The molecule has 0 spiro atoms. The highest BCUT2D eigenvalue weighted by molar-refractivity contribution is 5.92. The van der Waals surface area contributed by atoms with Crippen LogP contribution in [0, 0.1) is 5.82 Å². The maximum absolute atomic E-state index is 12.8. The predicted molar refractivity (Wildman–Crippen MR) is 81.9 cm³/mol. The Morgan fingerprint density at radius 1 is 1.29 bits per heavy atom. The van der Waals surface area contributed by atoms with Crippen LogP contribution in [0.25, 0.3) is 11.3 Å². The van der Waals surface area contributed by atoms with E-state index in [0.29, 0.717) is 18.7 Å². The molecular weight excluding hydrogens is 295 g/mol. The molecule has 0 aliphatic rings. The summed E-state index contributed by atoms with van der Waals surface area (Å²) >= 11 is 0. The van der Waals surface area contributed by atoms with Crippen molar-refractivity contribution in [3.05, 3.63) is 48.0 Å². The monoisotopic (exact) mass is 312 g/mol. The average molecular weight is 313 g/mol. The van der Waals surface area contributed by atoms with Gasteiger partial charge in [0.25, 0.3) is 5.91 Å². The third-order valence-electron chi connectivity index (χ3n) is 2.84. The lowest BCUT2D eigenvalue weighted by molar-refractivity contribution is 0.0926. The zero-order valence-corrected chi connectivity index (χ0v) is 12.5. The molecule has 21 heavy (non-hydrogen) atoms. The van der Waals surface area contributed by atoms with Gasteiger partial charge in [-0.05, 0) is 49.7 Å². The van der Waals surface area contributed by atoms with Gasteiger partial charge in [-0.25, -0.2) is 4.39 Å². The summed E-state index contributed by atoms with van der Waals surface area (Å²) in [6.45, 7) is 2.38. The highest BCUT2D eigenvalue weighted by atomic mass is 35.5. The first-order valence-electron chi connectivity index (χ1n) is 6.46. The largest absolute Gasteiger partial charge is 0.451 e. The van der Waals surface area contributed by atoms with Crippen LogP contribution in [0.15, 0.2) is 40.8 Å². The minimum Gasteiger partial charge on any atom is -0.451 e. The molecule has 4 nitrogen and oxygen atoms in total. The van der Waals surface area contributed by atoms with E-state index in [1.807, 2.05) is 6.92 Å². The Hall–Kier alpha value is -1.85. The molecule has 0 saturated heterocycles. The van der Waals surface area contributed by atoms with Gasteiger partial charge in [0.05, 0.1) is 0 Å². The number of benzene rings is 1. The number of rotatable bonds is 5. The normalized spacial score (nSPS) is 11.6. The fraction of sp³-hybridized carbons (Fsp3) is 0.267. The molecule has 6 heteroatoms. The molecular formula is C15H18ClFN2O2. The first-order valence-corrected chi connectivity index (χ1v) is 6.46. The Labute approximate surface area is 128 Å². The van der Waals surface area contributed by atoms with Crippen LogP contribution in [0.4, 0.5) is 4.39 Å². The summed E-state index contributed by atoms with van der Waals surface area (Å²) in [7, 11) is 0. The molecule has 1 aromatic carbocycles. The van der Waals surface area contributed by atoms with E-state index in [0.717, 1.165) is 5.56 Å². The molecule has 0 bridgehead atoms. The SMILES string of the molecule is CC(N)CCNC(=O)c1ccc(-c2ccc(F)cc2)o1.Cl. The van der Waals surface area contributed by atoms with Crippen LogP contribution < -0.4 is 11.1 Å². The summed E-state index contributed by atoms with van der Waals surface area (Å²) in [6, 6.07) is 9.23. The van der Waals surface area contributed by atoms with E-state index in [4.69, 9.17) is 10.2 Å². The Bertz CT molecular complexity index is 582. The van der Waals surface area contributed by atoms with Crippen molar-refractivity contribution in [3.8, 4) is 11.3 Å². The van der Waals surface area contributed by atoms with Crippen LogP contribution in [-0.4, -0.2) is 18.5 Å². The van der Waals surface area contributed by atoms with Gasteiger partial charge in [-0.3, -0.25) is 4.79 Å². The number of furan rings is 1. The number of carbonyl (C=O) groups excluding carboxylic acids is 1. The van der Waals surface area contributed by atoms with Gasteiger partial charge in [0.15, 0.2) is 5.76 Å². The van der Waals surface area contributed by atoms with Crippen LogP contribution in [0.5, 0.6) is 0 Å². The lowest BCUT2D eigenvalue weighted by Gasteiger charge is -2.05. The number of amides is 1. The lowest BCUT2D eigenvalue weighted by Crippen LogP contribution is -2.28. The van der Waals surface area contributed by atoms with Crippen LogP contribution in [0.3, 0.4) is 0 Å². The Balaban J connectivity index is 0.00000220. The van der Waals surface area contributed by atoms with Gasteiger partial charge in [-0.15, -0.1) is 12.4 Å². The third-order valence-corrected chi connectivity index (χ3v) is 2.84. The number of nitrogens with two attached hydrogens (primary N) is 1. The van der Waals surface area contributed by atoms with Crippen molar-refractivity contribution in [1.29, 1.82) is 0 Å². The molecule has 1 unspecified atom stereocenters. The number of nitrogens with one attached hydrogen (secondary N) is 1. The molecule has 0 aliphatic heterocycles. The van der Waals surface area contributed by atoms with Crippen molar-refractivity contribution in [2.45, 2.75) is 19.4 Å². The van der Waals surface area contributed by atoms with Crippen LogP contribution in [0.2, 0.25) is 0 Å². The molecule has 2 rings (SSSR count). The van der Waals surface area contributed by atoms with Gasteiger partial charge in [0.2, 0.25) is 0 Å². The maximum Gasteiger partial charge on any atom is 0.287 e. The van der Waals surface area contributed by atoms with Crippen LogP contribution in [-0.2, 0) is 0 Å². The van der Waals surface area contributed by atoms with Crippen molar-refractivity contribution in [2.75, 3.05) is 6.54 Å². The van der Waals surface area contributed by atoms with Crippen molar-refractivity contribution in [3.63, 3.8) is 0 Å². The van der Waals surface area contributed by atoms with Gasteiger partial charge in [0, 0.05) is 18.2 Å². The first kappa shape index (κ1) is 17.2. The minimum absolute atomic E-state index is 0. The summed E-state index contributed by atoms with van der Waals surface area (Å²) in [5.74, 6) is 0.171. The second-order valence-electron chi connectivity index (χ2n) is 4.69. The van der Waals surface area contributed by atoms with E-state index in [9.17, 15) is 9.18 Å².